The Balaban J connectivity index is 1.98. The van der Waals surface area contributed by atoms with Crippen molar-refractivity contribution in [2.75, 3.05) is 10.7 Å². The summed E-state index contributed by atoms with van der Waals surface area (Å²) >= 11 is 2.46. The van der Waals surface area contributed by atoms with Crippen LogP contribution >= 0.6 is 23.1 Å². The molecule has 1 aliphatic heterocycles. The van der Waals surface area contributed by atoms with Crippen LogP contribution in [0.5, 0.6) is 0 Å². The molecule has 21 heavy (non-hydrogen) atoms. The zero-order valence-corrected chi connectivity index (χ0v) is 12.0. The summed E-state index contributed by atoms with van der Waals surface area (Å²) in [4.78, 5) is 13.4. The molecule has 1 fully saturated rings. The molecule has 2 aromatic rings. The second-order valence-corrected chi connectivity index (χ2v) is 6.15. The number of aromatic nitrogens is 2. The highest BCUT2D eigenvalue weighted by Crippen LogP contribution is 2.43. The molecular weight excluding hydrogens is 323 g/mol. The van der Waals surface area contributed by atoms with Gasteiger partial charge in [-0.1, -0.05) is 23.5 Å². The topological polar surface area (TPSA) is 46.1 Å². The predicted molar refractivity (Wildman–Crippen MR) is 74.0 cm³/mol. The van der Waals surface area contributed by atoms with Crippen LogP contribution < -0.4 is 4.90 Å². The van der Waals surface area contributed by atoms with Gasteiger partial charge in [0.25, 0.3) is 0 Å². The van der Waals surface area contributed by atoms with Crippen LogP contribution in [0.4, 0.5) is 18.3 Å². The maximum atomic E-state index is 12.8. The van der Waals surface area contributed by atoms with Crippen molar-refractivity contribution in [3.63, 3.8) is 0 Å². The van der Waals surface area contributed by atoms with Gasteiger partial charge in [-0.3, -0.25) is 9.69 Å². The Kier molecular flexibility index (Phi) is 3.62. The lowest BCUT2D eigenvalue weighted by Crippen LogP contribution is -2.27. The van der Waals surface area contributed by atoms with Crippen LogP contribution in [0.2, 0.25) is 0 Å². The molecule has 1 unspecified atom stereocenters. The van der Waals surface area contributed by atoms with E-state index < -0.39 is 17.1 Å². The van der Waals surface area contributed by atoms with Gasteiger partial charge in [0.2, 0.25) is 11.0 Å². The van der Waals surface area contributed by atoms with Gasteiger partial charge in [0.15, 0.2) is 0 Å². The van der Waals surface area contributed by atoms with Crippen molar-refractivity contribution in [2.24, 2.45) is 0 Å². The number of amides is 1. The normalized spacial score (nSPS) is 19.3. The van der Waals surface area contributed by atoms with Gasteiger partial charge in [-0.2, -0.15) is 13.2 Å². The molecule has 3 rings (SSSR count). The van der Waals surface area contributed by atoms with Crippen molar-refractivity contribution < 1.29 is 18.0 Å². The lowest BCUT2D eigenvalue weighted by Gasteiger charge is -2.21. The van der Waals surface area contributed by atoms with Crippen LogP contribution in [0, 0.1) is 0 Å². The summed E-state index contributed by atoms with van der Waals surface area (Å²) in [5, 5.41) is 7.39. The highest BCUT2D eigenvalue weighted by molar-refractivity contribution is 8.00. The Hall–Kier alpha value is -1.61. The first kappa shape index (κ1) is 14.3. The lowest BCUT2D eigenvalue weighted by atomic mass is 10.1. The Labute approximate surface area is 126 Å². The molecule has 1 amide bonds. The van der Waals surface area contributed by atoms with E-state index in [0.29, 0.717) is 10.7 Å². The van der Waals surface area contributed by atoms with E-state index in [1.54, 1.807) is 6.07 Å². The molecule has 1 atom stereocenters. The van der Waals surface area contributed by atoms with Gasteiger partial charge >= 0.3 is 6.18 Å². The Bertz CT molecular complexity index is 660. The molecule has 1 aliphatic rings. The number of hydrogen-bond acceptors (Lipinski definition) is 5. The summed E-state index contributed by atoms with van der Waals surface area (Å²) in [5.74, 6) is 0.0275. The average Bonchev–Trinajstić information content (AvgIpc) is 3.06. The molecule has 4 nitrogen and oxygen atoms in total. The lowest BCUT2D eigenvalue weighted by molar-refractivity contribution is -0.137. The molecule has 0 N–H and O–H groups in total. The molecule has 110 valence electrons. The fraction of sp³-hybridized carbons (Fsp3) is 0.250. The zero-order valence-electron chi connectivity index (χ0n) is 10.4. The summed E-state index contributed by atoms with van der Waals surface area (Å²) < 4.78 is 38.4. The fourth-order valence-corrected chi connectivity index (χ4v) is 3.83. The van der Waals surface area contributed by atoms with Crippen molar-refractivity contribution in [3.8, 4) is 0 Å². The Morgan fingerprint density at radius 3 is 2.81 bits per heavy atom. The molecule has 0 bridgehead atoms. The van der Waals surface area contributed by atoms with Gasteiger partial charge in [-0.05, 0) is 17.7 Å². The largest absolute Gasteiger partial charge is 0.416 e. The Morgan fingerprint density at radius 1 is 1.33 bits per heavy atom. The van der Waals surface area contributed by atoms with Gasteiger partial charge in [0.1, 0.15) is 10.9 Å². The third-order valence-corrected chi connectivity index (χ3v) is 4.82. The van der Waals surface area contributed by atoms with Crippen LogP contribution in [0.15, 0.2) is 29.8 Å². The number of halogens is 3. The monoisotopic (exact) mass is 331 g/mol. The number of benzene rings is 1. The first-order valence-electron chi connectivity index (χ1n) is 5.84. The first-order valence-corrected chi connectivity index (χ1v) is 7.76. The molecule has 0 spiro atoms. The molecule has 1 saturated heterocycles. The molecule has 0 aliphatic carbocycles. The molecule has 0 saturated carbocycles. The number of carbonyl (C=O) groups excluding carboxylic acids is 1. The molecule has 1 aromatic carbocycles. The van der Waals surface area contributed by atoms with E-state index in [1.807, 2.05) is 0 Å². The first-order chi connectivity index (χ1) is 9.97. The highest BCUT2D eigenvalue weighted by Gasteiger charge is 2.37. The molecule has 9 heteroatoms. The second-order valence-electron chi connectivity index (χ2n) is 4.27. The maximum Gasteiger partial charge on any atom is 0.416 e. The summed E-state index contributed by atoms with van der Waals surface area (Å²) in [6.07, 6.45) is -4.41. The van der Waals surface area contributed by atoms with Gasteiger partial charge in [-0.25, -0.2) is 0 Å². The molecule has 2 heterocycles. The van der Waals surface area contributed by atoms with E-state index in [1.165, 1.54) is 39.6 Å². The Morgan fingerprint density at radius 2 is 2.14 bits per heavy atom. The zero-order chi connectivity index (χ0) is 15.0. The fourth-order valence-electron chi connectivity index (χ4n) is 2.02. The van der Waals surface area contributed by atoms with Gasteiger partial charge < -0.3 is 0 Å². The van der Waals surface area contributed by atoms with Crippen molar-refractivity contribution in [1.29, 1.82) is 0 Å². The standard InChI is InChI=1S/C12H8F3N3OS2/c13-12(14,15)8-3-1-2-7(4-8)10-18(9(19)5-20-10)11-17-16-6-21-11/h1-4,6,10H,5H2. The van der Waals surface area contributed by atoms with Crippen molar-refractivity contribution in [1.82, 2.24) is 10.2 Å². The summed E-state index contributed by atoms with van der Waals surface area (Å²) in [7, 11) is 0. The van der Waals surface area contributed by atoms with Crippen LogP contribution in [0.1, 0.15) is 16.5 Å². The third kappa shape index (κ3) is 2.75. The number of rotatable bonds is 2. The molecule has 1 aromatic heterocycles. The van der Waals surface area contributed by atoms with Crippen LogP contribution in [0.3, 0.4) is 0 Å². The quantitative estimate of drug-likeness (QED) is 0.847. The SMILES string of the molecule is O=C1CSC(c2cccc(C(F)(F)F)c2)N1c1nncs1. The highest BCUT2D eigenvalue weighted by atomic mass is 32.2. The smallest absolute Gasteiger partial charge is 0.273 e. The number of thioether (sulfide) groups is 1. The number of carbonyl (C=O) groups is 1. The van der Waals surface area contributed by atoms with Gasteiger partial charge in [0.05, 0.1) is 11.3 Å². The maximum absolute atomic E-state index is 12.8. The van der Waals surface area contributed by atoms with E-state index in [0.717, 1.165) is 12.1 Å². The second kappa shape index (κ2) is 5.30. The van der Waals surface area contributed by atoms with E-state index in [4.69, 9.17) is 0 Å². The van der Waals surface area contributed by atoms with Crippen molar-refractivity contribution in [2.45, 2.75) is 11.6 Å². The van der Waals surface area contributed by atoms with E-state index in [9.17, 15) is 18.0 Å². The summed E-state index contributed by atoms with van der Waals surface area (Å²) in [5.41, 5.74) is 1.18. The van der Waals surface area contributed by atoms with Gasteiger partial charge in [-0.15, -0.1) is 22.0 Å². The average molecular weight is 331 g/mol. The minimum atomic E-state index is -4.41. The van der Waals surface area contributed by atoms with Crippen LogP contribution in [0.25, 0.3) is 0 Å². The number of hydrogen-bond donors (Lipinski definition) is 0. The number of alkyl halides is 3. The van der Waals surface area contributed by atoms with Crippen molar-refractivity contribution in [3.05, 3.63) is 40.9 Å². The van der Waals surface area contributed by atoms with Crippen molar-refractivity contribution >= 4 is 34.1 Å². The number of nitrogens with zero attached hydrogens (tertiary/aromatic N) is 3. The molecule has 0 radical (unpaired) electrons. The van der Waals surface area contributed by atoms with Crippen LogP contribution in [-0.2, 0) is 11.0 Å². The number of anilines is 1. The van der Waals surface area contributed by atoms with E-state index >= 15 is 0 Å². The van der Waals surface area contributed by atoms with E-state index in [-0.39, 0.29) is 11.7 Å². The predicted octanol–water partition coefficient (Wildman–Crippen LogP) is 3.34. The van der Waals surface area contributed by atoms with Crippen LogP contribution in [-0.4, -0.2) is 21.9 Å². The summed E-state index contributed by atoms with van der Waals surface area (Å²) in [6, 6.07) is 5.02. The molecular formula is C12H8F3N3OS2. The van der Waals surface area contributed by atoms with E-state index in [2.05, 4.69) is 10.2 Å². The summed E-state index contributed by atoms with van der Waals surface area (Å²) in [6.45, 7) is 0. The minimum absolute atomic E-state index is 0.181. The third-order valence-electron chi connectivity index (χ3n) is 2.92. The minimum Gasteiger partial charge on any atom is -0.273 e. The van der Waals surface area contributed by atoms with Gasteiger partial charge in [0, 0.05) is 0 Å².